The lowest BCUT2D eigenvalue weighted by molar-refractivity contribution is 0.00135. The largest absolute Gasteiger partial charge is 0.389 e. The molecule has 182 valence electrons. The van der Waals surface area contributed by atoms with Crippen LogP contribution in [-0.2, 0) is 22.7 Å². The fourth-order valence-electron chi connectivity index (χ4n) is 3.89. The van der Waals surface area contributed by atoms with E-state index in [0.29, 0.717) is 39.5 Å². The molecule has 33 heavy (non-hydrogen) atoms. The predicted octanol–water partition coefficient (Wildman–Crippen LogP) is 1.35. The van der Waals surface area contributed by atoms with Gasteiger partial charge in [-0.3, -0.25) is 9.80 Å². The zero-order valence-electron chi connectivity index (χ0n) is 19.5. The quantitative estimate of drug-likeness (QED) is 0.349. The predicted molar refractivity (Wildman–Crippen MR) is 130 cm³/mol. The summed E-state index contributed by atoms with van der Waals surface area (Å²) in [6.45, 7) is 8.60. The minimum Gasteiger partial charge on any atom is -0.389 e. The SMILES string of the molecule is OC(CNCCN1CCN(CC(O)COCc2ccccc2)CC1)COCc1ccccc1. The number of benzene rings is 2. The molecule has 3 N–H and O–H groups in total. The van der Waals surface area contributed by atoms with Gasteiger partial charge in [0, 0.05) is 52.4 Å². The second kappa shape index (κ2) is 15.1. The number of hydrogen-bond donors (Lipinski definition) is 3. The molecular weight excluding hydrogens is 418 g/mol. The van der Waals surface area contributed by atoms with Gasteiger partial charge in [-0.05, 0) is 11.1 Å². The summed E-state index contributed by atoms with van der Waals surface area (Å²) in [6.07, 6.45) is -0.969. The molecule has 1 fully saturated rings. The van der Waals surface area contributed by atoms with Gasteiger partial charge in [-0.15, -0.1) is 0 Å². The molecule has 7 nitrogen and oxygen atoms in total. The Morgan fingerprint density at radius 2 is 1.24 bits per heavy atom. The van der Waals surface area contributed by atoms with Crippen LogP contribution in [0.4, 0.5) is 0 Å². The van der Waals surface area contributed by atoms with Crippen LogP contribution in [0.25, 0.3) is 0 Å². The van der Waals surface area contributed by atoms with E-state index in [-0.39, 0.29) is 0 Å². The van der Waals surface area contributed by atoms with Crippen LogP contribution >= 0.6 is 0 Å². The minimum atomic E-state index is -0.504. The average Bonchev–Trinajstić information content (AvgIpc) is 2.84. The van der Waals surface area contributed by atoms with Crippen molar-refractivity contribution >= 4 is 0 Å². The Balaban J connectivity index is 1.16. The summed E-state index contributed by atoms with van der Waals surface area (Å²) in [4.78, 5) is 4.72. The number of nitrogens with zero attached hydrogens (tertiary/aromatic N) is 2. The number of hydrogen-bond acceptors (Lipinski definition) is 7. The number of aliphatic hydroxyl groups is 2. The highest BCUT2D eigenvalue weighted by atomic mass is 16.5. The molecule has 2 aromatic rings. The van der Waals surface area contributed by atoms with E-state index in [0.717, 1.165) is 50.4 Å². The molecule has 1 aliphatic rings. The Labute approximate surface area is 197 Å². The third-order valence-corrected chi connectivity index (χ3v) is 5.76. The molecule has 1 saturated heterocycles. The van der Waals surface area contributed by atoms with Crippen molar-refractivity contribution in [1.29, 1.82) is 0 Å². The molecule has 2 aromatic carbocycles. The van der Waals surface area contributed by atoms with E-state index in [1.165, 1.54) is 0 Å². The Morgan fingerprint density at radius 1 is 0.727 bits per heavy atom. The molecule has 7 heteroatoms. The first-order valence-corrected chi connectivity index (χ1v) is 11.9. The van der Waals surface area contributed by atoms with E-state index in [1.54, 1.807) is 0 Å². The maximum Gasteiger partial charge on any atom is 0.0900 e. The number of ether oxygens (including phenoxy) is 2. The van der Waals surface area contributed by atoms with E-state index < -0.39 is 12.2 Å². The third-order valence-electron chi connectivity index (χ3n) is 5.76. The molecule has 0 aromatic heterocycles. The lowest BCUT2D eigenvalue weighted by Crippen LogP contribution is -2.50. The number of nitrogens with one attached hydrogen (secondary N) is 1. The maximum atomic E-state index is 10.3. The van der Waals surface area contributed by atoms with Gasteiger partial charge in [0.05, 0.1) is 38.6 Å². The van der Waals surface area contributed by atoms with Gasteiger partial charge >= 0.3 is 0 Å². The monoisotopic (exact) mass is 457 g/mol. The number of rotatable bonds is 15. The van der Waals surface area contributed by atoms with Crippen molar-refractivity contribution in [3.05, 3.63) is 71.8 Å². The summed E-state index contributed by atoms with van der Waals surface area (Å²) in [5.74, 6) is 0. The van der Waals surface area contributed by atoms with Crippen LogP contribution in [0.1, 0.15) is 11.1 Å². The van der Waals surface area contributed by atoms with Crippen molar-refractivity contribution < 1.29 is 19.7 Å². The lowest BCUT2D eigenvalue weighted by atomic mass is 10.2. The van der Waals surface area contributed by atoms with Crippen LogP contribution in [0, 0.1) is 0 Å². The second-order valence-electron chi connectivity index (χ2n) is 8.66. The Morgan fingerprint density at radius 3 is 1.82 bits per heavy atom. The van der Waals surface area contributed by atoms with Gasteiger partial charge in [0.15, 0.2) is 0 Å². The van der Waals surface area contributed by atoms with Crippen molar-refractivity contribution in [2.45, 2.75) is 25.4 Å². The van der Waals surface area contributed by atoms with E-state index in [2.05, 4.69) is 15.1 Å². The van der Waals surface area contributed by atoms with Crippen molar-refractivity contribution in [2.24, 2.45) is 0 Å². The molecule has 2 atom stereocenters. The van der Waals surface area contributed by atoms with E-state index in [1.807, 2.05) is 60.7 Å². The van der Waals surface area contributed by atoms with Crippen molar-refractivity contribution in [3.8, 4) is 0 Å². The molecule has 0 saturated carbocycles. The summed E-state index contributed by atoms with van der Waals surface area (Å²) in [5.41, 5.74) is 2.24. The molecule has 0 amide bonds. The zero-order chi connectivity index (χ0) is 23.1. The highest BCUT2D eigenvalue weighted by Gasteiger charge is 2.19. The Hall–Kier alpha value is -1.84. The van der Waals surface area contributed by atoms with E-state index in [9.17, 15) is 10.2 Å². The average molecular weight is 458 g/mol. The molecule has 0 radical (unpaired) electrons. The van der Waals surface area contributed by atoms with Gasteiger partial charge in [0.25, 0.3) is 0 Å². The summed E-state index contributed by atoms with van der Waals surface area (Å²) < 4.78 is 11.2. The second-order valence-corrected chi connectivity index (χ2v) is 8.66. The third kappa shape index (κ3) is 10.8. The minimum absolute atomic E-state index is 0.331. The molecule has 0 aliphatic carbocycles. The molecule has 0 bridgehead atoms. The Bertz CT molecular complexity index is 739. The van der Waals surface area contributed by atoms with Gasteiger partial charge in [-0.2, -0.15) is 0 Å². The molecule has 2 unspecified atom stereocenters. The van der Waals surface area contributed by atoms with E-state index >= 15 is 0 Å². The van der Waals surface area contributed by atoms with E-state index in [4.69, 9.17) is 9.47 Å². The van der Waals surface area contributed by atoms with Crippen molar-refractivity contribution in [1.82, 2.24) is 15.1 Å². The zero-order valence-corrected chi connectivity index (χ0v) is 19.5. The fraction of sp³-hybridized carbons (Fsp3) is 0.538. The van der Waals surface area contributed by atoms with Crippen LogP contribution in [0.15, 0.2) is 60.7 Å². The van der Waals surface area contributed by atoms with Crippen LogP contribution in [0.5, 0.6) is 0 Å². The first-order valence-electron chi connectivity index (χ1n) is 11.9. The van der Waals surface area contributed by atoms with Crippen molar-refractivity contribution in [2.75, 3.05) is 65.6 Å². The first-order chi connectivity index (χ1) is 16.2. The summed E-state index contributed by atoms with van der Waals surface area (Å²) in [7, 11) is 0. The summed E-state index contributed by atoms with van der Waals surface area (Å²) >= 11 is 0. The van der Waals surface area contributed by atoms with Crippen LogP contribution in [0.2, 0.25) is 0 Å². The molecule has 1 aliphatic heterocycles. The van der Waals surface area contributed by atoms with Gasteiger partial charge in [0.1, 0.15) is 0 Å². The first kappa shape index (κ1) is 25.8. The van der Waals surface area contributed by atoms with Gasteiger partial charge < -0.3 is 25.0 Å². The molecule has 1 heterocycles. The summed E-state index contributed by atoms with van der Waals surface area (Å²) in [6, 6.07) is 20.0. The number of piperazine rings is 1. The van der Waals surface area contributed by atoms with Gasteiger partial charge in [0.2, 0.25) is 0 Å². The summed E-state index contributed by atoms with van der Waals surface area (Å²) in [5, 5.41) is 23.7. The van der Waals surface area contributed by atoms with Crippen LogP contribution < -0.4 is 5.32 Å². The normalized spacial score (nSPS) is 17.2. The van der Waals surface area contributed by atoms with Gasteiger partial charge in [-0.25, -0.2) is 0 Å². The molecule has 0 spiro atoms. The smallest absolute Gasteiger partial charge is 0.0900 e. The number of aliphatic hydroxyl groups excluding tert-OH is 2. The fourth-order valence-corrected chi connectivity index (χ4v) is 3.89. The lowest BCUT2D eigenvalue weighted by Gasteiger charge is -2.35. The Kier molecular flexibility index (Phi) is 11.8. The highest BCUT2D eigenvalue weighted by Crippen LogP contribution is 2.05. The highest BCUT2D eigenvalue weighted by molar-refractivity contribution is 5.14. The van der Waals surface area contributed by atoms with Crippen LogP contribution in [0.3, 0.4) is 0 Å². The topological polar surface area (TPSA) is 77.4 Å². The maximum absolute atomic E-state index is 10.3. The van der Waals surface area contributed by atoms with Crippen LogP contribution in [-0.4, -0.2) is 97.8 Å². The standard InChI is InChI=1S/C26H39N3O4/c30-25(21-32-19-23-7-3-1-4-8-23)17-27-11-12-28-13-15-29(16-14-28)18-26(31)22-33-20-24-9-5-2-6-10-24/h1-10,25-27,30-31H,11-22H2. The molecular formula is C26H39N3O4. The van der Waals surface area contributed by atoms with Crippen molar-refractivity contribution in [3.63, 3.8) is 0 Å². The van der Waals surface area contributed by atoms with Gasteiger partial charge in [-0.1, -0.05) is 60.7 Å². The molecule has 3 rings (SSSR count). The number of β-amino-alcohol motifs (C(OH)–C–C–N with tert-alkyl or cyclic N) is 1.